The highest BCUT2D eigenvalue weighted by atomic mass is 32.2. The predicted molar refractivity (Wildman–Crippen MR) is 126 cm³/mol. The van der Waals surface area contributed by atoms with E-state index in [9.17, 15) is 14.4 Å². The lowest BCUT2D eigenvalue weighted by molar-refractivity contribution is -0.159. The molecule has 3 aliphatic rings. The van der Waals surface area contributed by atoms with Gasteiger partial charge in [-0.2, -0.15) is 0 Å². The van der Waals surface area contributed by atoms with Gasteiger partial charge in [0.2, 0.25) is 11.8 Å². The van der Waals surface area contributed by atoms with Crippen LogP contribution in [0.5, 0.6) is 0 Å². The number of amides is 4. The van der Waals surface area contributed by atoms with Gasteiger partial charge in [0.25, 0.3) is 0 Å². The summed E-state index contributed by atoms with van der Waals surface area (Å²) in [6.07, 6.45) is 1.82. The van der Waals surface area contributed by atoms with Gasteiger partial charge >= 0.3 is 6.03 Å². The second-order valence-electron chi connectivity index (χ2n) is 9.11. The summed E-state index contributed by atoms with van der Waals surface area (Å²) in [5, 5.41) is 9.87. The van der Waals surface area contributed by atoms with Gasteiger partial charge in [0.15, 0.2) is 17.3 Å². The van der Waals surface area contributed by atoms with Crippen molar-refractivity contribution in [1.82, 2.24) is 25.8 Å². The molecular formula is C23H21FN6O5S. The van der Waals surface area contributed by atoms with Crippen molar-refractivity contribution in [1.29, 1.82) is 0 Å². The molecule has 1 aromatic carbocycles. The normalized spacial score (nSPS) is 27.0. The fourth-order valence-electron chi connectivity index (χ4n) is 5.53. The molecule has 4 unspecified atom stereocenters. The van der Waals surface area contributed by atoms with Crippen LogP contribution in [0.4, 0.5) is 14.9 Å². The molecule has 186 valence electrons. The summed E-state index contributed by atoms with van der Waals surface area (Å²) in [6, 6.07) is 1.47. The van der Waals surface area contributed by atoms with E-state index in [0.29, 0.717) is 33.6 Å². The van der Waals surface area contributed by atoms with Crippen LogP contribution in [-0.4, -0.2) is 63.8 Å². The number of urea groups is 1. The average molecular weight is 513 g/mol. The topological polar surface area (TPSA) is 140 Å². The van der Waals surface area contributed by atoms with E-state index in [2.05, 4.69) is 25.8 Å². The van der Waals surface area contributed by atoms with E-state index >= 15 is 4.39 Å². The number of anilines is 1. The van der Waals surface area contributed by atoms with Crippen LogP contribution in [-0.2, 0) is 20.7 Å². The fraction of sp³-hybridized carbons (Fsp3) is 0.391. The molecular weight excluding hydrogens is 491 g/mol. The molecule has 2 saturated heterocycles. The quantitative estimate of drug-likeness (QED) is 0.298. The van der Waals surface area contributed by atoms with Crippen molar-refractivity contribution < 1.29 is 28.0 Å². The highest BCUT2D eigenvalue weighted by Gasteiger charge is 2.64. The summed E-state index contributed by atoms with van der Waals surface area (Å²) >= 11 is 1.45. The summed E-state index contributed by atoms with van der Waals surface area (Å²) in [4.78, 5) is 48.6. The number of hydrogen-bond donors (Lipinski definition) is 2. The number of thioether (sulfide) groups is 1. The molecule has 13 heteroatoms. The molecule has 0 saturated carbocycles. The molecule has 36 heavy (non-hydrogen) atoms. The molecule has 6 rings (SSSR count). The van der Waals surface area contributed by atoms with Gasteiger partial charge in [0.1, 0.15) is 22.5 Å². The lowest BCUT2D eigenvalue weighted by atomic mass is 9.66. The molecule has 0 bridgehead atoms. The smallest absolute Gasteiger partial charge is 0.328 e. The van der Waals surface area contributed by atoms with Gasteiger partial charge in [-0.1, -0.05) is 5.16 Å². The zero-order valence-corrected chi connectivity index (χ0v) is 20.3. The molecule has 0 aliphatic carbocycles. The van der Waals surface area contributed by atoms with E-state index in [1.165, 1.54) is 16.7 Å². The van der Waals surface area contributed by atoms with Gasteiger partial charge in [-0.15, -0.1) is 11.8 Å². The Balaban J connectivity index is 1.55. The van der Waals surface area contributed by atoms with Crippen LogP contribution < -0.4 is 15.5 Å². The number of aromatic nitrogens is 3. The summed E-state index contributed by atoms with van der Waals surface area (Å²) in [5.74, 6) is -1.59. The maximum Gasteiger partial charge on any atom is 0.328 e. The van der Waals surface area contributed by atoms with Gasteiger partial charge in [-0.3, -0.25) is 25.2 Å². The maximum atomic E-state index is 15.8. The van der Waals surface area contributed by atoms with Crippen LogP contribution in [0.3, 0.4) is 0 Å². The minimum atomic E-state index is -1.80. The van der Waals surface area contributed by atoms with Crippen LogP contribution in [0.1, 0.15) is 19.4 Å². The number of hydrogen-bond acceptors (Lipinski definition) is 10. The third-order valence-electron chi connectivity index (χ3n) is 7.09. The lowest BCUT2D eigenvalue weighted by Gasteiger charge is -2.56. The van der Waals surface area contributed by atoms with E-state index in [1.54, 1.807) is 38.4 Å². The van der Waals surface area contributed by atoms with Crippen molar-refractivity contribution in [3.05, 3.63) is 30.1 Å². The second-order valence-corrected chi connectivity index (χ2v) is 9.94. The Morgan fingerprint density at radius 3 is 2.53 bits per heavy atom. The zero-order chi connectivity index (χ0) is 25.4. The number of benzene rings is 1. The van der Waals surface area contributed by atoms with Crippen LogP contribution in [0.2, 0.25) is 0 Å². The number of nitrogens with zero attached hydrogens (tertiary/aromatic N) is 4. The van der Waals surface area contributed by atoms with Crippen molar-refractivity contribution >= 4 is 46.3 Å². The highest BCUT2D eigenvalue weighted by Crippen LogP contribution is 2.50. The monoisotopic (exact) mass is 512 g/mol. The van der Waals surface area contributed by atoms with E-state index in [-0.39, 0.29) is 6.42 Å². The van der Waals surface area contributed by atoms with Crippen molar-refractivity contribution in [2.24, 2.45) is 5.41 Å². The van der Waals surface area contributed by atoms with E-state index in [1.807, 2.05) is 6.26 Å². The average Bonchev–Trinajstić information content (AvgIpc) is 3.26. The first-order valence-electron chi connectivity index (χ1n) is 11.3. The number of halogens is 1. The minimum Gasteiger partial charge on any atom is -0.368 e. The number of imide groups is 2. The Morgan fingerprint density at radius 2 is 1.86 bits per heavy atom. The Kier molecular flexibility index (Phi) is 5.06. The van der Waals surface area contributed by atoms with Crippen LogP contribution >= 0.6 is 11.8 Å². The molecule has 4 amide bonds. The van der Waals surface area contributed by atoms with Crippen LogP contribution in [0, 0.1) is 5.41 Å². The Bertz CT molecular complexity index is 1410. The Labute approximate surface area is 208 Å². The number of ether oxygens (including phenoxy) is 1. The van der Waals surface area contributed by atoms with Crippen LogP contribution in [0.25, 0.3) is 22.4 Å². The van der Waals surface area contributed by atoms with Crippen molar-refractivity contribution in [2.45, 2.75) is 49.8 Å². The van der Waals surface area contributed by atoms with E-state index < -0.39 is 47.8 Å². The Hall–Kier alpha value is -3.58. The predicted octanol–water partition coefficient (Wildman–Crippen LogP) is 2.19. The number of alkyl halides is 1. The molecule has 0 radical (unpaired) electrons. The first kappa shape index (κ1) is 22.9. The lowest BCUT2D eigenvalue weighted by Crippen LogP contribution is -2.76. The first-order valence-corrected chi connectivity index (χ1v) is 12.5. The van der Waals surface area contributed by atoms with Crippen molar-refractivity contribution in [3.63, 3.8) is 0 Å². The molecule has 3 aromatic rings. The standard InChI is InChI=1S/C23H21FN6O5S/c1-9-18-23(20(31)27-22(33)28-21(23)32)6-11-4-12-15(5-14(11)30(18)19(24)10(2)34-9)35-29-17(12)13-7-26-16(36-3)8-25-13/h4-5,7-10,18-19H,6H2,1-3H3,(H2,27,28,31,32,33). The van der Waals surface area contributed by atoms with Crippen molar-refractivity contribution in [3.8, 4) is 11.4 Å². The molecule has 11 nitrogen and oxygen atoms in total. The number of nitrogens with one attached hydrogen (secondary N) is 2. The third-order valence-corrected chi connectivity index (χ3v) is 7.72. The van der Waals surface area contributed by atoms with Gasteiger partial charge in [-0.05, 0) is 38.2 Å². The van der Waals surface area contributed by atoms with Gasteiger partial charge in [0.05, 0.1) is 29.9 Å². The number of carbonyl (C=O) groups is 3. The number of carbonyl (C=O) groups excluding carboxylic acids is 3. The summed E-state index contributed by atoms with van der Waals surface area (Å²) in [6.45, 7) is 3.27. The molecule has 3 aliphatic heterocycles. The third kappa shape index (κ3) is 3.08. The molecule has 2 aromatic heterocycles. The van der Waals surface area contributed by atoms with Crippen molar-refractivity contribution in [2.75, 3.05) is 11.2 Å². The maximum absolute atomic E-state index is 15.8. The summed E-state index contributed by atoms with van der Waals surface area (Å²) < 4.78 is 27.1. The van der Waals surface area contributed by atoms with Gasteiger partial charge in [0, 0.05) is 11.8 Å². The minimum absolute atomic E-state index is 0.0824. The number of fused-ring (bicyclic) bond motifs is 5. The largest absolute Gasteiger partial charge is 0.368 e. The summed E-state index contributed by atoms with van der Waals surface area (Å²) in [7, 11) is 0. The first-order chi connectivity index (χ1) is 17.2. The SMILES string of the molecule is CSc1cnc(-c2noc3cc4c(cc23)CC2(C(=O)NC(=O)NC2=O)C2C(C)OC(C)C(F)N42)cn1. The number of morpholine rings is 1. The zero-order valence-electron chi connectivity index (χ0n) is 19.4. The van der Waals surface area contributed by atoms with Gasteiger partial charge in [-0.25, -0.2) is 14.2 Å². The molecule has 1 spiro atoms. The van der Waals surface area contributed by atoms with E-state index in [4.69, 9.17) is 9.26 Å². The number of rotatable bonds is 2. The molecule has 2 N–H and O–H groups in total. The highest BCUT2D eigenvalue weighted by molar-refractivity contribution is 7.98. The van der Waals surface area contributed by atoms with E-state index in [0.717, 1.165) is 5.03 Å². The van der Waals surface area contributed by atoms with Crippen LogP contribution in [0.15, 0.2) is 34.1 Å². The fourth-order valence-corrected chi connectivity index (χ4v) is 5.85. The Morgan fingerprint density at radius 1 is 1.11 bits per heavy atom. The molecule has 2 fully saturated rings. The van der Waals surface area contributed by atoms with Gasteiger partial charge < -0.3 is 14.2 Å². The molecule has 5 heterocycles. The second kappa shape index (κ2) is 7.96. The number of barbiturate groups is 1. The summed E-state index contributed by atoms with van der Waals surface area (Å²) in [5.41, 5.74) is 0.497. The molecule has 4 atom stereocenters.